The second kappa shape index (κ2) is 4.83. The van der Waals surface area contributed by atoms with Gasteiger partial charge in [-0.1, -0.05) is 6.92 Å². The second-order valence-electron chi connectivity index (χ2n) is 3.62. The van der Waals surface area contributed by atoms with Crippen LogP contribution in [0.25, 0.3) is 0 Å². The van der Waals surface area contributed by atoms with E-state index in [9.17, 15) is 4.79 Å². The Morgan fingerprint density at radius 1 is 1.47 bits per heavy atom. The third-order valence-electron chi connectivity index (χ3n) is 2.44. The van der Waals surface area contributed by atoms with Crippen LogP contribution >= 0.6 is 22.6 Å². The van der Waals surface area contributed by atoms with E-state index in [-0.39, 0.29) is 0 Å². The first-order valence-electron chi connectivity index (χ1n) is 4.75. The molecule has 0 saturated carbocycles. The van der Waals surface area contributed by atoms with Crippen molar-refractivity contribution in [3.8, 4) is 0 Å². The topological polar surface area (TPSA) is 49.3 Å². The zero-order valence-corrected chi connectivity index (χ0v) is 10.9. The van der Waals surface area contributed by atoms with Crippen molar-refractivity contribution in [3.63, 3.8) is 0 Å². The molecular formula is C11H14INO2. The van der Waals surface area contributed by atoms with Gasteiger partial charge >= 0.3 is 5.97 Å². The Labute approximate surface area is 103 Å². The predicted octanol–water partition coefficient (Wildman–Crippen LogP) is 2.96. The first kappa shape index (κ1) is 12.3. The maximum absolute atomic E-state index is 11.1. The summed E-state index contributed by atoms with van der Waals surface area (Å²) in [5.41, 5.74) is -0.0607. The molecule has 0 aromatic heterocycles. The molecule has 0 amide bonds. The predicted molar refractivity (Wildman–Crippen MR) is 69.1 cm³/mol. The highest BCUT2D eigenvalue weighted by atomic mass is 127. The van der Waals surface area contributed by atoms with Crippen molar-refractivity contribution in [1.82, 2.24) is 0 Å². The van der Waals surface area contributed by atoms with Gasteiger partial charge in [0.2, 0.25) is 0 Å². The Morgan fingerprint density at radius 2 is 2.00 bits per heavy atom. The standard InChI is InChI=1S/C11H14INO2/c1-3-11(2,10(14)15)13-9-6-4-8(12)5-7-9/h4-7,13H,3H2,1-2H3,(H,14,15). The zero-order valence-electron chi connectivity index (χ0n) is 8.75. The summed E-state index contributed by atoms with van der Waals surface area (Å²) in [6.07, 6.45) is 0.536. The first-order chi connectivity index (χ1) is 6.98. The molecule has 1 atom stereocenters. The second-order valence-corrected chi connectivity index (χ2v) is 4.87. The fourth-order valence-corrected chi connectivity index (χ4v) is 1.50. The minimum atomic E-state index is -0.896. The van der Waals surface area contributed by atoms with E-state index in [0.717, 1.165) is 9.26 Å². The molecule has 1 unspecified atom stereocenters. The van der Waals surface area contributed by atoms with Gasteiger partial charge in [-0.15, -0.1) is 0 Å². The van der Waals surface area contributed by atoms with Crippen LogP contribution in [-0.2, 0) is 4.79 Å². The van der Waals surface area contributed by atoms with E-state index in [1.807, 2.05) is 31.2 Å². The van der Waals surface area contributed by atoms with Crippen molar-refractivity contribution in [2.45, 2.75) is 25.8 Å². The van der Waals surface area contributed by atoms with Crippen LogP contribution in [0.4, 0.5) is 5.69 Å². The van der Waals surface area contributed by atoms with Crippen LogP contribution in [0.5, 0.6) is 0 Å². The average molecular weight is 319 g/mol. The zero-order chi connectivity index (χ0) is 11.5. The van der Waals surface area contributed by atoms with Crippen LogP contribution in [-0.4, -0.2) is 16.6 Å². The number of carboxylic acids is 1. The fraction of sp³-hybridized carbons (Fsp3) is 0.364. The Kier molecular flexibility index (Phi) is 3.96. The van der Waals surface area contributed by atoms with Crippen LogP contribution in [0.3, 0.4) is 0 Å². The molecule has 3 nitrogen and oxygen atoms in total. The minimum Gasteiger partial charge on any atom is -0.480 e. The average Bonchev–Trinajstić information content (AvgIpc) is 2.21. The van der Waals surface area contributed by atoms with Gasteiger partial charge in [0.15, 0.2) is 0 Å². The third-order valence-corrected chi connectivity index (χ3v) is 3.16. The number of carboxylic acid groups (broad SMARTS) is 1. The van der Waals surface area contributed by atoms with E-state index in [4.69, 9.17) is 5.11 Å². The van der Waals surface area contributed by atoms with Crippen LogP contribution in [0.1, 0.15) is 20.3 Å². The van der Waals surface area contributed by atoms with E-state index < -0.39 is 11.5 Å². The lowest BCUT2D eigenvalue weighted by molar-refractivity contribution is -0.141. The Bertz CT molecular complexity index is 350. The van der Waals surface area contributed by atoms with Crippen molar-refractivity contribution >= 4 is 34.2 Å². The molecule has 0 heterocycles. The Balaban J connectivity index is 2.84. The van der Waals surface area contributed by atoms with E-state index in [2.05, 4.69) is 27.9 Å². The van der Waals surface area contributed by atoms with Crippen LogP contribution in [0, 0.1) is 3.57 Å². The number of nitrogens with one attached hydrogen (secondary N) is 1. The molecule has 82 valence electrons. The van der Waals surface area contributed by atoms with Gasteiger partial charge in [-0.3, -0.25) is 0 Å². The summed E-state index contributed by atoms with van der Waals surface area (Å²) in [5, 5.41) is 12.1. The molecule has 15 heavy (non-hydrogen) atoms. The van der Waals surface area contributed by atoms with Crippen molar-refractivity contribution in [3.05, 3.63) is 27.8 Å². The normalized spacial score (nSPS) is 14.3. The molecule has 1 aromatic rings. The highest BCUT2D eigenvalue weighted by Crippen LogP contribution is 2.19. The van der Waals surface area contributed by atoms with Gasteiger partial charge in [0.1, 0.15) is 5.54 Å². The maximum atomic E-state index is 11.1. The number of hydrogen-bond acceptors (Lipinski definition) is 2. The lowest BCUT2D eigenvalue weighted by Crippen LogP contribution is -2.42. The summed E-state index contributed by atoms with van der Waals surface area (Å²) in [6.45, 7) is 3.54. The molecule has 2 N–H and O–H groups in total. The number of rotatable bonds is 4. The highest BCUT2D eigenvalue weighted by Gasteiger charge is 2.30. The Hall–Kier alpha value is -0.780. The molecule has 0 fully saturated rings. The minimum absolute atomic E-state index is 0.536. The number of anilines is 1. The maximum Gasteiger partial charge on any atom is 0.329 e. The van der Waals surface area contributed by atoms with E-state index in [0.29, 0.717) is 6.42 Å². The van der Waals surface area contributed by atoms with E-state index in [1.165, 1.54) is 0 Å². The van der Waals surface area contributed by atoms with Crippen molar-refractivity contribution in [2.24, 2.45) is 0 Å². The summed E-state index contributed by atoms with van der Waals surface area (Å²) in [7, 11) is 0. The van der Waals surface area contributed by atoms with Gasteiger partial charge in [-0.05, 0) is 60.2 Å². The molecular weight excluding hydrogens is 305 g/mol. The number of benzene rings is 1. The summed E-state index contributed by atoms with van der Waals surface area (Å²) in [4.78, 5) is 11.1. The number of aliphatic carboxylic acids is 1. The van der Waals surface area contributed by atoms with Crippen LogP contribution in [0.2, 0.25) is 0 Å². The summed E-state index contributed by atoms with van der Waals surface area (Å²) in [5.74, 6) is -0.830. The molecule has 0 aliphatic rings. The first-order valence-corrected chi connectivity index (χ1v) is 5.83. The van der Waals surface area contributed by atoms with Crippen LogP contribution < -0.4 is 5.32 Å². The fourth-order valence-electron chi connectivity index (χ4n) is 1.14. The molecule has 4 heteroatoms. The molecule has 1 rings (SSSR count). The van der Waals surface area contributed by atoms with E-state index >= 15 is 0 Å². The number of halogens is 1. The molecule has 0 bridgehead atoms. The highest BCUT2D eigenvalue weighted by molar-refractivity contribution is 14.1. The van der Waals surface area contributed by atoms with E-state index in [1.54, 1.807) is 6.92 Å². The van der Waals surface area contributed by atoms with Crippen molar-refractivity contribution in [2.75, 3.05) is 5.32 Å². The van der Waals surface area contributed by atoms with Gasteiger partial charge in [0.05, 0.1) is 0 Å². The van der Waals surface area contributed by atoms with Gasteiger partial charge in [0.25, 0.3) is 0 Å². The lowest BCUT2D eigenvalue weighted by Gasteiger charge is -2.25. The molecule has 0 radical (unpaired) electrons. The quantitative estimate of drug-likeness (QED) is 0.839. The largest absolute Gasteiger partial charge is 0.480 e. The molecule has 1 aromatic carbocycles. The van der Waals surface area contributed by atoms with Gasteiger partial charge in [0, 0.05) is 9.26 Å². The van der Waals surface area contributed by atoms with Crippen molar-refractivity contribution in [1.29, 1.82) is 0 Å². The van der Waals surface area contributed by atoms with Gasteiger partial charge in [-0.25, -0.2) is 4.79 Å². The monoisotopic (exact) mass is 319 g/mol. The van der Waals surface area contributed by atoms with Crippen molar-refractivity contribution < 1.29 is 9.90 Å². The molecule has 0 saturated heterocycles. The Morgan fingerprint density at radius 3 is 2.40 bits per heavy atom. The smallest absolute Gasteiger partial charge is 0.329 e. The third kappa shape index (κ3) is 3.09. The summed E-state index contributed by atoms with van der Waals surface area (Å²) in [6, 6.07) is 7.67. The number of carbonyl (C=O) groups is 1. The van der Waals surface area contributed by atoms with Gasteiger partial charge < -0.3 is 10.4 Å². The van der Waals surface area contributed by atoms with Gasteiger partial charge in [-0.2, -0.15) is 0 Å². The molecule has 0 aliphatic carbocycles. The van der Waals surface area contributed by atoms with Crippen LogP contribution in [0.15, 0.2) is 24.3 Å². The number of hydrogen-bond donors (Lipinski definition) is 2. The lowest BCUT2D eigenvalue weighted by atomic mass is 9.99. The molecule has 0 spiro atoms. The molecule has 0 aliphatic heterocycles. The summed E-state index contributed by atoms with van der Waals surface area (Å²) < 4.78 is 1.13. The summed E-state index contributed by atoms with van der Waals surface area (Å²) >= 11 is 2.21. The SMILES string of the molecule is CCC(C)(Nc1ccc(I)cc1)C(=O)O.